The second-order valence-corrected chi connectivity index (χ2v) is 7.15. The molecule has 22 heavy (non-hydrogen) atoms. The van der Waals surface area contributed by atoms with Gasteiger partial charge in [0.25, 0.3) is 0 Å². The molecule has 0 radical (unpaired) electrons. The topological polar surface area (TPSA) is 42.4 Å². The van der Waals surface area contributed by atoms with E-state index in [0.29, 0.717) is 5.05 Å². The van der Waals surface area contributed by atoms with Crippen LogP contribution in [0.15, 0.2) is 35.7 Å². The van der Waals surface area contributed by atoms with Crippen LogP contribution in [0.2, 0.25) is 0 Å². The van der Waals surface area contributed by atoms with Gasteiger partial charge in [-0.25, -0.2) is 4.98 Å². The maximum Gasteiger partial charge on any atom is 0.201 e. The molecule has 0 aliphatic carbocycles. The Balaban J connectivity index is 1.97. The summed E-state index contributed by atoms with van der Waals surface area (Å²) in [5.74, 6) is 0.242. The van der Waals surface area contributed by atoms with Gasteiger partial charge in [0.05, 0.1) is 17.7 Å². The van der Waals surface area contributed by atoms with Crippen molar-refractivity contribution in [3.05, 3.63) is 45.5 Å². The van der Waals surface area contributed by atoms with Crippen molar-refractivity contribution < 1.29 is 9.84 Å². The molecular formula is C16H13NO2S3. The zero-order valence-electron chi connectivity index (χ0n) is 12.0. The summed E-state index contributed by atoms with van der Waals surface area (Å²) in [4.78, 5) is 6.78. The minimum atomic E-state index is 0.242. The van der Waals surface area contributed by atoms with Crippen LogP contribution in [0.4, 0.5) is 0 Å². The molecule has 2 heterocycles. The molecule has 6 heteroatoms. The lowest BCUT2D eigenvalue weighted by Gasteiger charge is -1.97. The Kier molecular flexibility index (Phi) is 4.24. The molecule has 0 bridgehead atoms. The van der Waals surface area contributed by atoms with Crippen LogP contribution < -0.4 is 0 Å². The van der Waals surface area contributed by atoms with Gasteiger partial charge < -0.3 is 9.84 Å². The quantitative estimate of drug-likeness (QED) is 0.686. The molecule has 0 spiro atoms. The smallest absolute Gasteiger partial charge is 0.201 e. The van der Waals surface area contributed by atoms with Crippen molar-refractivity contribution in [3.8, 4) is 27.6 Å². The van der Waals surface area contributed by atoms with E-state index in [1.165, 1.54) is 0 Å². The Labute approximate surface area is 141 Å². The van der Waals surface area contributed by atoms with E-state index in [9.17, 15) is 5.11 Å². The molecule has 0 unspecified atom stereocenters. The van der Waals surface area contributed by atoms with E-state index in [4.69, 9.17) is 17.0 Å². The third-order valence-corrected chi connectivity index (χ3v) is 5.62. The molecule has 0 atom stereocenters. The van der Waals surface area contributed by atoms with Crippen LogP contribution in [0.25, 0.3) is 21.8 Å². The number of aromatic hydroxyl groups is 1. The minimum Gasteiger partial charge on any atom is -0.508 e. The second-order valence-electron chi connectivity index (χ2n) is 4.66. The number of methoxy groups -OCH3 is 1. The number of thiocarbonyl (C=S) groups is 1. The summed E-state index contributed by atoms with van der Waals surface area (Å²) in [6, 6.07) is 9.14. The fourth-order valence-electron chi connectivity index (χ4n) is 2.09. The van der Waals surface area contributed by atoms with Crippen molar-refractivity contribution in [3.63, 3.8) is 0 Å². The van der Waals surface area contributed by atoms with E-state index in [1.807, 2.05) is 23.6 Å². The van der Waals surface area contributed by atoms with Gasteiger partial charge >= 0.3 is 0 Å². The van der Waals surface area contributed by atoms with Crippen molar-refractivity contribution in [1.82, 2.24) is 4.98 Å². The van der Waals surface area contributed by atoms with Crippen LogP contribution in [0.3, 0.4) is 0 Å². The highest BCUT2D eigenvalue weighted by atomic mass is 32.1. The SMILES string of the molecule is COC(=S)c1cc(-c2nc(-c3cccc(O)c3)cs2)c(C)s1. The van der Waals surface area contributed by atoms with E-state index in [0.717, 1.165) is 31.6 Å². The first-order chi connectivity index (χ1) is 10.6. The number of hydrogen-bond acceptors (Lipinski definition) is 6. The predicted molar refractivity (Wildman–Crippen MR) is 96.0 cm³/mol. The summed E-state index contributed by atoms with van der Waals surface area (Å²) in [6.45, 7) is 2.05. The lowest BCUT2D eigenvalue weighted by molar-refractivity contribution is 0.417. The first-order valence-electron chi connectivity index (χ1n) is 6.52. The highest BCUT2D eigenvalue weighted by Gasteiger charge is 2.14. The maximum absolute atomic E-state index is 9.58. The summed E-state index contributed by atoms with van der Waals surface area (Å²) >= 11 is 8.37. The van der Waals surface area contributed by atoms with Gasteiger partial charge in [0.1, 0.15) is 10.8 Å². The van der Waals surface area contributed by atoms with Gasteiger partial charge in [0.2, 0.25) is 5.05 Å². The highest BCUT2D eigenvalue weighted by molar-refractivity contribution is 7.80. The third kappa shape index (κ3) is 2.90. The Morgan fingerprint density at radius 1 is 1.32 bits per heavy atom. The number of phenols is 1. The fraction of sp³-hybridized carbons (Fsp3) is 0.125. The Morgan fingerprint density at radius 2 is 2.14 bits per heavy atom. The van der Waals surface area contributed by atoms with Gasteiger partial charge in [0, 0.05) is 21.4 Å². The van der Waals surface area contributed by atoms with Crippen LogP contribution in [-0.2, 0) is 4.74 Å². The van der Waals surface area contributed by atoms with E-state index in [2.05, 4.69) is 11.9 Å². The van der Waals surface area contributed by atoms with Gasteiger partial charge in [-0.1, -0.05) is 12.1 Å². The number of rotatable bonds is 3. The number of aryl methyl sites for hydroxylation is 1. The number of ether oxygens (including phenoxy) is 1. The Bertz CT molecular complexity index is 836. The average Bonchev–Trinajstić information content (AvgIpc) is 3.13. The van der Waals surface area contributed by atoms with Gasteiger partial charge in [-0.05, 0) is 37.3 Å². The zero-order valence-corrected chi connectivity index (χ0v) is 14.4. The lowest BCUT2D eigenvalue weighted by Crippen LogP contribution is -1.94. The van der Waals surface area contributed by atoms with Gasteiger partial charge in [0.15, 0.2) is 0 Å². The molecule has 3 aromatic rings. The molecule has 112 valence electrons. The average molecular weight is 347 g/mol. The molecule has 0 aliphatic heterocycles. The molecule has 1 aromatic carbocycles. The molecule has 0 aliphatic rings. The molecule has 0 saturated carbocycles. The summed E-state index contributed by atoms with van der Waals surface area (Å²) in [6.07, 6.45) is 0. The fourth-order valence-corrected chi connectivity index (χ4v) is 4.18. The predicted octanol–water partition coefficient (Wildman–Crippen LogP) is 4.87. The van der Waals surface area contributed by atoms with Crippen molar-refractivity contribution in [2.75, 3.05) is 7.11 Å². The van der Waals surface area contributed by atoms with Crippen molar-refractivity contribution in [1.29, 1.82) is 0 Å². The first-order valence-corrected chi connectivity index (χ1v) is 8.63. The number of benzene rings is 1. The monoisotopic (exact) mass is 347 g/mol. The number of thiazole rings is 1. The zero-order chi connectivity index (χ0) is 15.7. The number of nitrogens with zero attached hydrogens (tertiary/aromatic N) is 1. The second kappa shape index (κ2) is 6.16. The van der Waals surface area contributed by atoms with Crippen molar-refractivity contribution in [2.45, 2.75) is 6.92 Å². The normalized spacial score (nSPS) is 10.6. The van der Waals surface area contributed by atoms with Crippen LogP contribution >= 0.6 is 34.9 Å². The molecule has 1 N–H and O–H groups in total. The van der Waals surface area contributed by atoms with Gasteiger partial charge in [-0.3, -0.25) is 0 Å². The number of hydrogen-bond donors (Lipinski definition) is 1. The maximum atomic E-state index is 9.58. The first kappa shape index (κ1) is 15.1. The van der Waals surface area contributed by atoms with Gasteiger partial charge in [-0.15, -0.1) is 22.7 Å². The molecule has 0 saturated heterocycles. The highest BCUT2D eigenvalue weighted by Crippen LogP contribution is 2.35. The summed E-state index contributed by atoms with van der Waals surface area (Å²) in [7, 11) is 1.58. The minimum absolute atomic E-state index is 0.242. The Morgan fingerprint density at radius 3 is 2.86 bits per heavy atom. The molecule has 0 amide bonds. The lowest BCUT2D eigenvalue weighted by atomic mass is 10.1. The summed E-state index contributed by atoms with van der Waals surface area (Å²) in [5.41, 5.74) is 2.84. The largest absolute Gasteiger partial charge is 0.508 e. The van der Waals surface area contributed by atoms with E-state index in [1.54, 1.807) is 41.9 Å². The van der Waals surface area contributed by atoms with Crippen LogP contribution in [0.1, 0.15) is 9.75 Å². The molecule has 0 fully saturated rings. The number of thiophene rings is 1. The van der Waals surface area contributed by atoms with Crippen molar-refractivity contribution in [2.24, 2.45) is 0 Å². The number of phenolic OH excluding ortho intramolecular Hbond substituents is 1. The third-order valence-electron chi connectivity index (χ3n) is 3.18. The van der Waals surface area contributed by atoms with Crippen molar-refractivity contribution >= 4 is 39.9 Å². The van der Waals surface area contributed by atoms with Crippen LogP contribution in [0.5, 0.6) is 5.75 Å². The molecule has 2 aromatic heterocycles. The van der Waals surface area contributed by atoms with E-state index in [-0.39, 0.29) is 5.75 Å². The van der Waals surface area contributed by atoms with E-state index < -0.39 is 0 Å². The number of aromatic nitrogens is 1. The van der Waals surface area contributed by atoms with Crippen LogP contribution in [-0.4, -0.2) is 22.3 Å². The Hall–Kier alpha value is -1.76. The standard InChI is InChI=1S/C16H13NO2S3/c1-9-12(7-14(22-9)16(20)19-2)15-17-13(8-21-15)10-4-3-5-11(18)6-10/h3-8,18H,1-2H3. The van der Waals surface area contributed by atoms with Crippen LogP contribution in [0, 0.1) is 6.92 Å². The van der Waals surface area contributed by atoms with Gasteiger partial charge in [-0.2, -0.15) is 0 Å². The molecular weight excluding hydrogens is 334 g/mol. The van der Waals surface area contributed by atoms with E-state index >= 15 is 0 Å². The summed E-state index contributed by atoms with van der Waals surface area (Å²) < 4.78 is 5.13. The summed E-state index contributed by atoms with van der Waals surface area (Å²) in [5, 5.41) is 13.0. The molecule has 3 nitrogen and oxygen atoms in total. The molecule has 3 rings (SSSR count).